The SMILES string of the molecule is Cc1ccc(S(=O)(=O)N(N=Cc2ccccc2)C(C[Se]Cc2ccccc2)c2ccccc2)cc1. The molecule has 4 nitrogen and oxygen atoms in total. The molecular formula is C29H28N2O2SSe. The summed E-state index contributed by atoms with van der Waals surface area (Å²) in [5.41, 5.74) is 4.05. The van der Waals surface area contributed by atoms with Gasteiger partial charge in [0.25, 0.3) is 0 Å². The number of hydrazone groups is 1. The molecule has 0 amide bonds. The molecule has 35 heavy (non-hydrogen) atoms. The van der Waals surface area contributed by atoms with E-state index in [0.29, 0.717) is 5.32 Å². The summed E-state index contributed by atoms with van der Waals surface area (Å²) in [6.45, 7) is 1.95. The van der Waals surface area contributed by atoms with Crippen LogP contribution in [0.15, 0.2) is 125 Å². The zero-order valence-electron chi connectivity index (χ0n) is 19.6. The van der Waals surface area contributed by atoms with Crippen molar-refractivity contribution in [1.29, 1.82) is 0 Å². The van der Waals surface area contributed by atoms with Crippen LogP contribution in [0.2, 0.25) is 5.32 Å². The van der Waals surface area contributed by atoms with Crippen LogP contribution in [0.4, 0.5) is 0 Å². The predicted molar refractivity (Wildman–Crippen MR) is 144 cm³/mol. The molecule has 0 aliphatic carbocycles. The Morgan fingerprint density at radius 2 is 1.37 bits per heavy atom. The Morgan fingerprint density at radius 1 is 0.800 bits per heavy atom. The maximum atomic E-state index is 13.9. The minimum absolute atomic E-state index is 0.172. The first-order chi connectivity index (χ1) is 17.0. The topological polar surface area (TPSA) is 49.7 Å². The van der Waals surface area contributed by atoms with Gasteiger partial charge >= 0.3 is 215 Å². The van der Waals surface area contributed by atoms with Gasteiger partial charge in [-0.2, -0.15) is 0 Å². The molecule has 0 bridgehead atoms. The third-order valence-corrected chi connectivity index (χ3v) is 9.52. The second-order valence-electron chi connectivity index (χ2n) is 8.17. The van der Waals surface area contributed by atoms with Crippen LogP contribution in [-0.2, 0) is 15.3 Å². The molecule has 0 aliphatic rings. The zero-order valence-corrected chi connectivity index (χ0v) is 22.1. The van der Waals surface area contributed by atoms with Crippen LogP contribution in [0.3, 0.4) is 0 Å². The molecule has 0 radical (unpaired) electrons. The fourth-order valence-electron chi connectivity index (χ4n) is 3.62. The van der Waals surface area contributed by atoms with E-state index in [1.807, 2.05) is 97.9 Å². The second kappa shape index (κ2) is 12.0. The average Bonchev–Trinajstić information content (AvgIpc) is 2.89. The van der Waals surface area contributed by atoms with Gasteiger partial charge in [-0.05, 0) is 0 Å². The molecule has 0 aliphatic heterocycles. The van der Waals surface area contributed by atoms with Crippen LogP contribution in [0.5, 0.6) is 0 Å². The molecule has 0 fully saturated rings. The first-order valence-electron chi connectivity index (χ1n) is 11.4. The van der Waals surface area contributed by atoms with Crippen LogP contribution in [0.1, 0.15) is 28.3 Å². The summed E-state index contributed by atoms with van der Waals surface area (Å²) >= 11 is 0.172. The van der Waals surface area contributed by atoms with Crippen molar-refractivity contribution in [3.8, 4) is 0 Å². The van der Waals surface area contributed by atoms with Gasteiger partial charge in [0.05, 0.1) is 0 Å². The number of nitrogens with zero attached hydrogens (tertiary/aromatic N) is 2. The molecule has 0 saturated carbocycles. The molecule has 0 saturated heterocycles. The van der Waals surface area contributed by atoms with Crippen molar-refractivity contribution in [2.24, 2.45) is 5.10 Å². The fourth-order valence-corrected chi connectivity index (χ4v) is 7.54. The van der Waals surface area contributed by atoms with E-state index in [9.17, 15) is 8.42 Å². The van der Waals surface area contributed by atoms with Crippen LogP contribution in [0.25, 0.3) is 0 Å². The summed E-state index contributed by atoms with van der Waals surface area (Å²) in [5, 5.41) is 6.22. The van der Waals surface area contributed by atoms with E-state index < -0.39 is 16.1 Å². The fraction of sp³-hybridized carbons (Fsp3) is 0.138. The van der Waals surface area contributed by atoms with Gasteiger partial charge in [0.2, 0.25) is 0 Å². The van der Waals surface area contributed by atoms with E-state index in [-0.39, 0.29) is 19.9 Å². The third-order valence-electron chi connectivity index (χ3n) is 5.52. The Hall–Kier alpha value is -3.18. The molecule has 0 aromatic heterocycles. The number of hydrogen-bond acceptors (Lipinski definition) is 3. The molecule has 6 heteroatoms. The number of sulfonamides is 1. The van der Waals surface area contributed by atoms with Gasteiger partial charge < -0.3 is 0 Å². The Labute approximate surface area is 214 Å². The Morgan fingerprint density at radius 3 is 2.00 bits per heavy atom. The standard InChI is InChI=1S/C29H28N2O2SSe/c1-24-17-19-28(20-18-24)34(32,33)31(30-21-25-11-5-2-6-12-25)29(27-15-9-4-10-16-27)23-35-22-26-13-7-3-8-14-26/h2-21,29H,22-23H2,1H3. The van der Waals surface area contributed by atoms with Crippen LogP contribution in [-0.4, -0.2) is 34.0 Å². The van der Waals surface area contributed by atoms with E-state index in [2.05, 4.69) is 17.2 Å². The Bertz CT molecular complexity index is 1330. The Balaban J connectivity index is 1.72. The van der Waals surface area contributed by atoms with E-state index in [1.165, 1.54) is 9.98 Å². The van der Waals surface area contributed by atoms with Crippen molar-refractivity contribution < 1.29 is 8.42 Å². The van der Waals surface area contributed by atoms with Crippen molar-refractivity contribution in [1.82, 2.24) is 4.41 Å². The number of rotatable bonds is 10. The van der Waals surface area contributed by atoms with Crippen LogP contribution < -0.4 is 0 Å². The zero-order chi connectivity index (χ0) is 24.5. The second-order valence-corrected chi connectivity index (χ2v) is 12.1. The predicted octanol–water partition coefficient (Wildman–Crippen LogP) is 6.08. The minimum atomic E-state index is -3.88. The van der Waals surface area contributed by atoms with E-state index in [4.69, 9.17) is 0 Å². The van der Waals surface area contributed by atoms with Gasteiger partial charge in [-0.1, -0.05) is 0 Å². The quantitative estimate of drug-likeness (QED) is 0.137. The molecule has 1 unspecified atom stereocenters. The van der Waals surface area contributed by atoms with Crippen molar-refractivity contribution >= 4 is 31.2 Å². The number of hydrogen-bond donors (Lipinski definition) is 0. The summed E-state index contributed by atoms with van der Waals surface area (Å²) in [7, 11) is -3.88. The molecule has 1 atom stereocenters. The van der Waals surface area contributed by atoms with Gasteiger partial charge in [-0.25, -0.2) is 0 Å². The van der Waals surface area contributed by atoms with Gasteiger partial charge in [0, 0.05) is 0 Å². The molecule has 4 aromatic carbocycles. The monoisotopic (exact) mass is 548 g/mol. The molecule has 0 heterocycles. The summed E-state index contributed by atoms with van der Waals surface area (Å²) in [5.74, 6) is 0. The molecular weight excluding hydrogens is 519 g/mol. The van der Waals surface area contributed by atoms with Gasteiger partial charge in [0.1, 0.15) is 0 Å². The molecule has 0 spiro atoms. The molecule has 4 aromatic rings. The van der Waals surface area contributed by atoms with Gasteiger partial charge in [0.15, 0.2) is 0 Å². The van der Waals surface area contributed by atoms with Gasteiger partial charge in [-0.15, -0.1) is 0 Å². The summed E-state index contributed by atoms with van der Waals surface area (Å²) in [6, 6.07) is 36.3. The normalized spacial score (nSPS) is 12.5. The first kappa shape index (κ1) is 24.9. The van der Waals surface area contributed by atoms with Crippen molar-refractivity contribution in [3.05, 3.63) is 138 Å². The molecule has 0 N–H and O–H groups in total. The first-order valence-corrected chi connectivity index (χ1v) is 15.3. The number of benzene rings is 4. The van der Waals surface area contributed by atoms with E-state index >= 15 is 0 Å². The van der Waals surface area contributed by atoms with Crippen molar-refractivity contribution in [3.63, 3.8) is 0 Å². The van der Waals surface area contributed by atoms with E-state index in [0.717, 1.165) is 22.0 Å². The summed E-state index contributed by atoms with van der Waals surface area (Å²) in [4.78, 5) is 0.241. The average molecular weight is 548 g/mol. The van der Waals surface area contributed by atoms with Crippen molar-refractivity contribution in [2.75, 3.05) is 0 Å². The van der Waals surface area contributed by atoms with Crippen LogP contribution in [0, 0.1) is 6.92 Å². The Kier molecular flexibility index (Phi) is 8.54. The molecule has 178 valence electrons. The summed E-state index contributed by atoms with van der Waals surface area (Å²) in [6.07, 6.45) is 1.63. The molecule has 4 rings (SSSR count). The number of aryl methyl sites for hydroxylation is 1. The van der Waals surface area contributed by atoms with Crippen molar-refractivity contribution in [2.45, 2.75) is 28.5 Å². The van der Waals surface area contributed by atoms with E-state index in [1.54, 1.807) is 18.3 Å². The maximum absolute atomic E-state index is 13.9. The van der Waals surface area contributed by atoms with Crippen LogP contribution >= 0.6 is 0 Å². The van der Waals surface area contributed by atoms with Gasteiger partial charge in [-0.3, -0.25) is 0 Å². The third kappa shape index (κ3) is 6.70. The summed E-state index contributed by atoms with van der Waals surface area (Å²) < 4.78 is 29.2.